The molecule has 3 aliphatic heterocycles. The topological polar surface area (TPSA) is 38.8 Å². The monoisotopic (exact) mass is 277 g/mol. The molecule has 4 fully saturated rings. The number of carbonyl (C=O) groups is 1. The second kappa shape index (κ2) is 4.68. The molecule has 0 spiro atoms. The Morgan fingerprint density at radius 2 is 1.65 bits per heavy atom. The lowest BCUT2D eigenvalue weighted by Crippen LogP contribution is -2.44. The third kappa shape index (κ3) is 2.00. The largest absolute Gasteiger partial charge is 0.491 e. The van der Waals surface area contributed by atoms with E-state index in [-0.39, 0.29) is 5.91 Å². The highest BCUT2D eigenvalue weighted by molar-refractivity contribution is 5.92. The molecule has 2 saturated heterocycles. The molecule has 5 aliphatic rings. The molecule has 5 rings (SSSR count). The van der Waals surface area contributed by atoms with E-state index >= 15 is 0 Å². The van der Waals surface area contributed by atoms with Crippen molar-refractivity contribution >= 4 is 5.91 Å². The fourth-order valence-corrected chi connectivity index (χ4v) is 4.88. The van der Waals surface area contributed by atoms with Crippen LogP contribution in [0.15, 0.2) is 11.5 Å². The molecule has 4 nitrogen and oxygen atoms in total. The summed E-state index contributed by atoms with van der Waals surface area (Å²) in [7, 11) is 0. The van der Waals surface area contributed by atoms with Crippen molar-refractivity contribution in [3.8, 4) is 0 Å². The van der Waals surface area contributed by atoms with Crippen LogP contribution in [0.2, 0.25) is 0 Å². The molecule has 0 aromatic rings. The predicted molar refractivity (Wildman–Crippen MR) is 73.7 cm³/mol. The summed E-state index contributed by atoms with van der Waals surface area (Å²) in [5.74, 6) is 3.60. The molecule has 4 bridgehead atoms. The van der Waals surface area contributed by atoms with Gasteiger partial charge in [0.1, 0.15) is 19.0 Å². The van der Waals surface area contributed by atoms with Gasteiger partial charge in [-0.05, 0) is 56.8 Å². The van der Waals surface area contributed by atoms with Gasteiger partial charge in [-0.15, -0.1) is 0 Å². The Kier molecular flexibility index (Phi) is 2.93. The van der Waals surface area contributed by atoms with E-state index < -0.39 is 0 Å². The Morgan fingerprint density at radius 1 is 1.00 bits per heavy atom. The van der Waals surface area contributed by atoms with Crippen molar-refractivity contribution in [1.29, 1.82) is 0 Å². The lowest BCUT2D eigenvalue weighted by Gasteiger charge is -2.39. The molecule has 0 aromatic heterocycles. The Labute approximate surface area is 120 Å². The molecule has 110 valence electrons. The predicted octanol–water partition coefficient (Wildman–Crippen LogP) is 2.30. The summed E-state index contributed by atoms with van der Waals surface area (Å²) in [6, 6.07) is 0.435. The first-order valence-corrected chi connectivity index (χ1v) is 7.98. The highest BCUT2D eigenvalue weighted by atomic mass is 16.6. The van der Waals surface area contributed by atoms with Crippen LogP contribution in [0.3, 0.4) is 0 Å². The maximum Gasteiger partial charge on any atom is 0.292 e. The Morgan fingerprint density at radius 3 is 2.35 bits per heavy atom. The van der Waals surface area contributed by atoms with Crippen LogP contribution in [-0.2, 0) is 14.3 Å². The van der Waals surface area contributed by atoms with Gasteiger partial charge < -0.3 is 14.4 Å². The SMILES string of the molecule is CC1=C(C(=O)N2CC3CC4CC(C3)CC2C4)OCCO1. The van der Waals surface area contributed by atoms with Gasteiger partial charge in [-0.3, -0.25) is 4.79 Å². The van der Waals surface area contributed by atoms with Crippen LogP contribution in [0.4, 0.5) is 0 Å². The number of rotatable bonds is 1. The van der Waals surface area contributed by atoms with Gasteiger partial charge in [0.15, 0.2) is 0 Å². The number of nitrogens with zero attached hydrogens (tertiary/aromatic N) is 1. The van der Waals surface area contributed by atoms with Crippen LogP contribution in [0.5, 0.6) is 0 Å². The highest BCUT2D eigenvalue weighted by Gasteiger charge is 2.45. The number of carbonyl (C=O) groups excluding carboxylic acids is 1. The molecule has 0 aromatic carbocycles. The molecule has 20 heavy (non-hydrogen) atoms. The van der Waals surface area contributed by atoms with Crippen molar-refractivity contribution in [3.05, 3.63) is 11.5 Å². The quantitative estimate of drug-likeness (QED) is 0.738. The molecule has 4 heteroatoms. The number of ether oxygens (including phenoxy) is 2. The second-order valence-corrected chi connectivity index (χ2v) is 6.97. The van der Waals surface area contributed by atoms with Crippen molar-refractivity contribution in [2.24, 2.45) is 17.8 Å². The minimum atomic E-state index is 0.0698. The highest BCUT2D eigenvalue weighted by Crippen LogP contribution is 2.47. The van der Waals surface area contributed by atoms with E-state index in [0.717, 1.165) is 18.4 Å². The van der Waals surface area contributed by atoms with E-state index in [4.69, 9.17) is 9.47 Å². The van der Waals surface area contributed by atoms with Crippen LogP contribution in [0, 0.1) is 17.8 Å². The lowest BCUT2D eigenvalue weighted by molar-refractivity contribution is -0.135. The first kappa shape index (κ1) is 12.5. The summed E-state index contributed by atoms with van der Waals surface area (Å²) >= 11 is 0. The van der Waals surface area contributed by atoms with E-state index in [9.17, 15) is 4.79 Å². The van der Waals surface area contributed by atoms with E-state index in [1.54, 1.807) is 0 Å². The van der Waals surface area contributed by atoms with Crippen molar-refractivity contribution in [2.45, 2.75) is 45.1 Å². The van der Waals surface area contributed by atoms with Gasteiger partial charge >= 0.3 is 0 Å². The fourth-order valence-electron chi connectivity index (χ4n) is 4.88. The minimum absolute atomic E-state index is 0.0698. The first-order valence-electron chi connectivity index (χ1n) is 7.98. The summed E-state index contributed by atoms with van der Waals surface area (Å²) in [5.41, 5.74) is 0. The van der Waals surface area contributed by atoms with Crippen LogP contribution >= 0.6 is 0 Å². The average molecular weight is 277 g/mol. The molecular weight excluding hydrogens is 254 g/mol. The lowest BCUT2D eigenvalue weighted by atomic mass is 9.68. The summed E-state index contributed by atoms with van der Waals surface area (Å²) in [6.45, 7) is 3.81. The summed E-state index contributed by atoms with van der Waals surface area (Å²) in [6.07, 6.45) is 6.45. The summed E-state index contributed by atoms with van der Waals surface area (Å²) in [5, 5.41) is 0. The molecule has 3 heterocycles. The Balaban J connectivity index is 1.60. The van der Waals surface area contributed by atoms with Crippen molar-refractivity contribution < 1.29 is 14.3 Å². The number of allylic oxidation sites excluding steroid dienone is 1. The van der Waals surface area contributed by atoms with E-state index in [1.807, 2.05) is 6.92 Å². The van der Waals surface area contributed by atoms with Crippen molar-refractivity contribution in [3.63, 3.8) is 0 Å². The van der Waals surface area contributed by atoms with Crippen LogP contribution in [0.25, 0.3) is 0 Å². The fraction of sp³-hybridized carbons (Fsp3) is 0.812. The third-order valence-corrected chi connectivity index (χ3v) is 5.53. The molecule has 0 radical (unpaired) electrons. The zero-order valence-electron chi connectivity index (χ0n) is 12.1. The van der Waals surface area contributed by atoms with Gasteiger partial charge in [-0.1, -0.05) is 0 Å². The normalized spacial score (nSPS) is 39.4. The number of amides is 1. The molecule has 2 aliphatic carbocycles. The molecule has 0 N–H and O–H groups in total. The van der Waals surface area contributed by atoms with Gasteiger partial charge in [0.05, 0.1) is 0 Å². The minimum Gasteiger partial charge on any atom is -0.491 e. The van der Waals surface area contributed by atoms with Gasteiger partial charge in [0, 0.05) is 12.6 Å². The van der Waals surface area contributed by atoms with Crippen LogP contribution in [0.1, 0.15) is 39.0 Å². The standard InChI is InChI=1S/C16H23NO3/c1-10-15(20-3-2-19-10)16(18)17-9-13-5-11-4-12(6-13)8-14(17)7-11/h11-14H,2-9H2,1H3. The maximum absolute atomic E-state index is 12.8. The molecule has 2 atom stereocenters. The summed E-state index contributed by atoms with van der Waals surface area (Å²) in [4.78, 5) is 15.0. The average Bonchev–Trinajstić information content (AvgIpc) is 2.62. The zero-order chi connectivity index (χ0) is 13.7. The maximum atomic E-state index is 12.8. The number of fused-ring (bicyclic) bond motifs is 1. The van der Waals surface area contributed by atoms with Crippen molar-refractivity contribution in [2.75, 3.05) is 19.8 Å². The molecule has 2 unspecified atom stereocenters. The Hall–Kier alpha value is -1.19. The number of hydrogen-bond acceptors (Lipinski definition) is 3. The smallest absolute Gasteiger partial charge is 0.292 e. The first-order chi connectivity index (χ1) is 9.70. The van der Waals surface area contributed by atoms with Crippen LogP contribution in [-0.4, -0.2) is 36.6 Å². The second-order valence-electron chi connectivity index (χ2n) is 6.97. The third-order valence-electron chi connectivity index (χ3n) is 5.53. The van der Waals surface area contributed by atoms with Crippen molar-refractivity contribution in [1.82, 2.24) is 4.90 Å². The molecular formula is C16H23NO3. The van der Waals surface area contributed by atoms with E-state index in [0.29, 0.717) is 36.7 Å². The van der Waals surface area contributed by atoms with Crippen LogP contribution < -0.4 is 0 Å². The molecule has 2 saturated carbocycles. The van der Waals surface area contributed by atoms with Gasteiger partial charge in [0.2, 0.25) is 5.76 Å². The Bertz CT molecular complexity index is 445. The van der Waals surface area contributed by atoms with E-state index in [2.05, 4.69) is 4.90 Å². The van der Waals surface area contributed by atoms with Gasteiger partial charge in [-0.2, -0.15) is 0 Å². The number of hydrogen-bond donors (Lipinski definition) is 0. The zero-order valence-corrected chi connectivity index (χ0v) is 12.1. The van der Waals surface area contributed by atoms with E-state index in [1.165, 1.54) is 32.1 Å². The van der Waals surface area contributed by atoms with Gasteiger partial charge in [-0.25, -0.2) is 0 Å². The van der Waals surface area contributed by atoms with Gasteiger partial charge in [0.25, 0.3) is 5.91 Å². The molecule has 1 amide bonds. The summed E-state index contributed by atoms with van der Waals surface area (Å²) < 4.78 is 11.1.